The second-order valence-corrected chi connectivity index (χ2v) is 8.79. The molecule has 1 amide bonds. The molecule has 0 bridgehead atoms. The molecule has 0 unspecified atom stereocenters. The second-order valence-electron chi connectivity index (χ2n) is 8.38. The van der Waals surface area contributed by atoms with Crippen molar-refractivity contribution in [2.75, 3.05) is 30.3 Å². The normalized spacial score (nSPS) is 18.2. The minimum atomic E-state index is -0.513. The molecule has 5 rings (SSSR count). The van der Waals surface area contributed by atoms with Gasteiger partial charge in [0.05, 0.1) is 10.6 Å². The molecule has 2 aliphatic rings. The highest BCUT2D eigenvalue weighted by Crippen LogP contribution is 2.41. The largest absolute Gasteiger partial charge is 0.382 e. The van der Waals surface area contributed by atoms with Crippen molar-refractivity contribution in [1.82, 2.24) is 14.9 Å². The first-order valence-corrected chi connectivity index (χ1v) is 11.6. The molecule has 0 saturated carbocycles. The van der Waals surface area contributed by atoms with Gasteiger partial charge in [-0.1, -0.05) is 24.6 Å². The van der Waals surface area contributed by atoms with Crippen molar-refractivity contribution in [2.45, 2.75) is 25.8 Å². The van der Waals surface area contributed by atoms with E-state index in [4.69, 9.17) is 11.6 Å². The molecule has 6 nitrogen and oxygen atoms in total. The Balaban J connectivity index is 1.56. The van der Waals surface area contributed by atoms with Gasteiger partial charge in [0.2, 0.25) is 0 Å². The van der Waals surface area contributed by atoms with Gasteiger partial charge in [-0.25, -0.2) is 9.37 Å². The number of rotatable bonds is 5. The minimum Gasteiger partial charge on any atom is -0.382 e. The molecule has 33 heavy (non-hydrogen) atoms. The van der Waals surface area contributed by atoms with Crippen molar-refractivity contribution in [1.29, 1.82) is 0 Å². The summed E-state index contributed by atoms with van der Waals surface area (Å²) in [7, 11) is 0. The van der Waals surface area contributed by atoms with E-state index < -0.39 is 5.82 Å². The van der Waals surface area contributed by atoms with Gasteiger partial charge in [0.25, 0.3) is 5.91 Å². The van der Waals surface area contributed by atoms with Gasteiger partial charge >= 0.3 is 0 Å². The summed E-state index contributed by atoms with van der Waals surface area (Å²) in [5.41, 5.74) is 4.15. The fraction of sp³-hybridized carbons (Fsp3) is 0.280. The van der Waals surface area contributed by atoms with Gasteiger partial charge in [0.1, 0.15) is 11.6 Å². The predicted octanol–water partition coefficient (Wildman–Crippen LogP) is 5.01. The molecular weight excluding hydrogens is 441 g/mol. The number of piperidine rings is 1. The average Bonchev–Trinajstić information content (AvgIpc) is 3.45. The number of H-pyrrole nitrogens is 1. The molecule has 8 heteroatoms. The predicted molar refractivity (Wildman–Crippen MR) is 130 cm³/mol. The molecule has 170 valence electrons. The number of likely N-dealkylation sites (tertiary alicyclic amines) is 1. The first-order chi connectivity index (χ1) is 16.0. The van der Waals surface area contributed by atoms with Crippen molar-refractivity contribution in [3.8, 4) is 0 Å². The number of nitrogens with zero attached hydrogens (tertiary/aromatic N) is 2. The van der Waals surface area contributed by atoms with Crippen molar-refractivity contribution in [3.05, 3.63) is 76.6 Å². The van der Waals surface area contributed by atoms with Gasteiger partial charge < -0.3 is 20.5 Å². The lowest BCUT2D eigenvalue weighted by atomic mass is 9.94. The Morgan fingerprint density at radius 1 is 1.24 bits per heavy atom. The highest BCUT2D eigenvalue weighted by atomic mass is 35.5. The van der Waals surface area contributed by atoms with Gasteiger partial charge in [-0.2, -0.15) is 0 Å². The average molecular weight is 466 g/mol. The fourth-order valence-corrected chi connectivity index (χ4v) is 4.77. The molecule has 0 radical (unpaired) electrons. The zero-order valence-electron chi connectivity index (χ0n) is 18.3. The van der Waals surface area contributed by atoms with Crippen LogP contribution in [0.15, 0.2) is 48.8 Å². The maximum atomic E-state index is 13.9. The molecule has 0 atom stereocenters. The second kappa shape index (κ2) is 9.00. The van der Waals surface area contributed by atoms with Crippen LogP contribution in [-0.2, 0) is 4.79 Å². The summed E-state index contributed by atoms with van der Waals surface area (Å²) in [4.78, 5) is 23.0. The Kier molecular flexibility index (Phi) is 5.91. The van der Waals surface area contributed by atoms with Crippen molar-refractivity contribution in [2.24, 2.45) is 0 Å². The summed E-state index contributed by atoms with van der Waals surface area (Å²) in [6, 6.07) is 10.7. The summed E-state index contributed by atoms with van der Waals surface area (Å²) in [6.07, 6.45) is 5.47. The van der Waals surface area contributed by atoms with E-state index in [1.165, 1.54) is 12.1 Å². The Hall–Kier alpha value is -3.16. The molecule has 3 aromatic rings. The first-order valence-electron chi connectivity index (χ1n) is 11.2. The fourth-order valence-electron chi connectivity index (χ4n) is 4.59. The Labute approximate surface area is 196 Å². The third-order valence-electron chi connectivity index (χ3n) is 6.36. The van der Waals surface area contributed by atoms with E-state index in [-0.39, 0.29) is 10.9 Å². The summed E-state index contributed by atoms with van der Waals surface area (Å²) in [5, 5.41) is 6.58. The highest BCUT2D eigenvalue weighted by Gasteiger charge is 2.30. The first kappa shape index (κ1) is 21.7. The van der Waals surface area contributed by atoms with Gasteiger partial charge in [-0.05, 0) is 55.3 Å². The number of carbonyl (C=O) groups is 1. The molecule has 1 aromatic heterocycles. The number of amides is 1. The minimum absolute atomic E-state index is 0.00961. The van der Waals surface area contributed by atoms with E-state index in [1.54, 1.807) is 18.5 Å². The maximum Gasteiger partial charge on any atom is 0.257 e. The third kappa shape index (κ3) is 4.26. The monoisotopic (exact) mass is 465 g/mol. The van der Waals surface area contributed by atoms with Crippen LogP contribution in [0.2, 0.25) is 5.02 Å². The van der Waals surface area contributed by atoms with Crippen molar-refractivity contribution < 1.29 is 9.18 Å². The number of aromatic amines is 1. The van der Waals surface area contributed by atoms with Gasteiger partial charge in [0.15, 0.2) is 0 Å². The molecule has 2 aromatic carbocycles. The number of fused-ring (bicyclic) bond motifs is 1. The summed E-state index contributed by atoms with van der Waals surface area (Å²) < 4.78 is 13.9. The Morgan fingerprint density at radius 3 is 2.76 bits per heavy atom. The molecular formula is C25H25ClFN5O. The molecule has 0 spiro atoms. The quantitative estimate of drug-likeness (QED) is 0.463. The van der Waals surface area contributed by atoms with Crippen LogP contribution in [-0.4, -0.2) is 46.5 Å². The van der Waals surface area contributed by atoms with E-state index in [9.17, 15) is 9.18 Å². The number of benzene rings is 2. The highest BCUT2D eigenvalue weighted by molar-refractivity contribution is 6.38. The number of halogens is 2. The van der Waals surface area contributed by atoms with Gasteiger partial charge in [0, 0.05) is 54.0 Å². The van der Waals surface area contributed by atoms with Gasteiger partial charge in [-0.15, -0.1) is 0 Å². The van der Waals surface area contributed by atoms with Crippen LogP contribution in [0, 0.1) is 5.82 Å². The smallest absolute Gasteiger partial charge is 0.257 e. The summed E-state index contributed by atoms with van der Waals surface area (Å²) in [6.45, 7) is 5.43. The topological polar surface area (TPSA) is 73.0 Å². The number of imidazole rings is 1. The van der Waals surface area contributed by atoms with Gasteiger partial charge in [-0.3, -0.25) is 4.79 Å². The zero-order valence-corrected chi connectivity index (χ0v) is 19.0. The number of carbonyl (C=O) groups excluding carboxylic acids is 1. The van der Waals surface area contributed by atoms with E-state index in [0.717, 1.165) is 49.4 Å². The number of nitrogens with one attached hydrogen (secondary N) is 3. The molecule has 2 aliphatic heterocycles. The lowest BCUT2D eigenvalue weighted by Crippen LogP contribution is -2.38. The lowest BCUT2D eigenvalue weighted by molar-refractivity contribution is -0.110. The summed E-state index contributed by atoms with van der Waals surface area (Å²) in [5.74, 6) is -0.229. The molecule has 1 fully saturated rings. The van der Waals surface area contributed by atoms with E-state index >= 15 is 0 Å². The number of hydrogen-bond acceptors (Lipinski definition) is 4. The van der Waals surface area contributed by atoms with Crippen molar-refractivity contribution >= 4 is 40.0 Å². The molecule has 3 N–H and O–H groups in total. The van der Waals surface area contributed by atoms with E-state index in [2.05, 4.69) is 32.4 Å². The molecule has 3 heterocycles. The van der Waals surface area contributed by atoms with Crippen molar-refractivity contribution in [3.63, 3.8) is 0 Å². The third-order valence-corrected chi connectivity index (χ3v) is 6.65. The van der Waals surface area contributed by atoms with E-state index in [1.807, 2.05) is 18.2 Å². The molecule has 0 aliphatic carbocycles. The lowest BCUT2D eigenvalue weighted by Gasteiger charge is -2.32. The Morgan fingerprint density at radius 2 is 2.06 bits per heavy atom. The summed E-state index contributed by atoms with van der Waals surface area (Å²) >= 11 is 6.07. The van der Waals surface area contributed by atoms with Crippen LogP contribution < -0.4 is 10.6 Å². The van der Waals surface area contributed by atoms with Crippen LogP contribution in [0.3, 0.4) is 0 Å². The van der Waals surface area contributed by atoms with Crippen LogP contribution in [0.5, 0.6) is 0 Å². The number of anilines is 2. The maximum absolute atomic E-state index is 13.9. The van der Waals surface area contributed by atoms with Crippen LogP contribution in [0.1, 0.15) is 36.7 Å². The number of hydrogen-bond donors (Lipinski definition) is 3. The molecule has 1 saturated heterocycles. The van der Waals surface area contributed by atoms with E-state index in [0.29, 0.717) is 28.6 Å². The standard InChI is InChI=1S/C25H25ClFN5O/c1-2-32-11-7-16(8-12-32)30-17-4-6-21-18(14-17)23(25(33)31-21)22(24-28-9-10-29-24)15-3-5-20(27)19(26)13-15/h3-6,9-10,13-14,16,30H,2,7-8,11-12H2,1H3,(H,28,29)(H,31,33)/b23-22-. The van der Waals surface area contributed by atoms with Crippen LogP contribution >= 0.6 is 11.6 Å². The van der Waals surface area contributed by atoms with Crippen LogP contribution in [0.4, 0.5) is 15.8 Å². The Bertz CT molecular complexity index is 1220. The zero-order chi connectivity index (χ0) is 22.9. The van der Waals surface area contributed by atoms with Crippen LogP contribution in [0.25, 0.3) is 11.1 Å². The number of aromatic nitrogens is 2. The SMILES string of the molecule is CCN1CCC(Nc2ccc3c(c2)/C(=C(\c2ccc(F)c(Cl)c2)c2ncc[nH]2)C(=O)N3)CC1.